The van der Waals surface area contributed by atoms with Crippen molar-refractivity contribution in [3.8, 4) is 0 Å². The van der Waals surface area contributed by atoms with E-state index < -0.39 is 46.5 Å². The Labute approximate surface area is 192 Å². The average Bonchev–Trinajstić information content (AvgIpc) is 3.38. The first kappa shape index (κ1) is 23.7. The topological polar surface area (TPSA) is 63.3 Å². The largest absolute Gasteiger partial charge is 0.478 e. The number of alkyl halides is 6. The van der Waals surface area contributed by atoms with Crippen LogP contribution in [0.3, 0.4) is 0 Å². The molecular weight excluding hydrogens is 490 g/mol. The molecule has 1 N–H and O–H groups in total. The van der Waals surface area contributed by atoms with Crippen molar-refractivity contribution in [2.45, 2.75) is 24.4 Å². The van der Waals surface area contributed by atoms with Gasteiger partial charge < -0.3 is 14.3 Å². The van der Waals surface area contributed by atoms with Gasteiger partial charge in [0.15, 0.2) is 0 Å². The van der Waals surface area contributed by atoms with Crippen LogP contribution in [0.5, 0.6) is 0 Å². The summed E-state index contributed by atoms with van der Waals surface area (Å²) in [5, 5.41) is 12.2. The molecule has 5 nitrogen and oxygen atoms in total. The van der Waals surface area contributed by atoms with Crippen LogP contribution in [0.25, 0.3) is 11.6 Å². The minimum atomic E-state index is -5.11. The number of fused-ring (bicyclic) bond motifs is 1. The Bertz CT molecular complexity index is 1340. The number of allylic oxidation sites excluding steroid dienone is 1. The van der Waals surface area contributed by atoms with Crippen LogP contribution in [-0.2, 0) is 16.6 Å². The fraction of sp³-hybridized carbons (Fsp3) is 0.182. The van der Waals surface area contributed by atoms with Gasteiger partial charge in [0, 0.05) is 28.9 Å². The Morgan fingerprint density at radius 1 is 1.12 bits per heavy atom. The molecule has 0 amide bonds. The van der Waals surface area contributed by atoms with Gasteiger partial charge in [0.2, 0.25) is 0 Å². The Hall–Kier alpha value is -3.47. The van der Waals surface area contributed by atoms with Gasteiger partial charge in [-0.2, -0.15) is 26.3 Å². The van der Waals surface area contributed by atoms with Crippen LogP contribution in [0.15, 0.2) is 59.9 Å². The molecule has 3 heterocycles. The zero-order valence-corrected chi connectivity index (χ0v) is 17.5. The monoisotopic (exact) mass is 502 g/mol. The number of carbonyl (C=O) groups is 1. The van der Waals surface area contributed by atoms with Crippen LogP contribution in [0.2, 0.25) is 5.02 Å². The molecule has 0 spiro atoms. The molecule has 1 atom stereocenters. The summed E-state index contributed by atoms with van der Waals surface area (Å²) in [4.78, 5) is 16.1. The number of rotatable bonds is 4. The lowest BCUT2D eigenvalue weighted by atomic mass is 9.87. The Morgan fingerprint density at radius 2 is 1.85 bits per heavy atom. The highest BCUT2D eigenvalue weighted by Crippen LogP contribution is 2.49. The summed E-state index contributed by atoms with van der Waals surface area (Å²) in [6.45, 7) is 0. The average molecular weight is 503 g/mol. The summed E-state index contributed by atoms with van der Waals surface area (Å²) in [5.74, 6) is -1.15. The summed E-state index contributed by atoms with van der Waals surface area (Å²) < 4.78 is 83.2. The molecule has 1 unspecified atom stereocenters. The molecule has 2 aromatic heterocycles. The molecule has 12 heteroatoms. The summed E-state index contributed by atoms with van der Waals surface area (Å²) >= 11 is 5.68. The maximum absolute atomic E-state index is 14.1. The van der Waals surface area contributed by atoms with Crippen LogP contribution in [0, 0.1) is 0 Å². The molecule has 34 heavy (non-hydrogen) atoms. The molecule has 178 valence electrons. The predicted octanol–water partition coefficient (Wildman–Crippen LogP) is 6.56. The Morgan fingerprint density at radius 3 is 2.50 bits per heavy atom. The van der Waals surface area contributed by atoms with Crippen LogP contribution in [0.4, 0.5) is 26.3 Å². The lowest BCUT2D eigenvalue weighted by molar-refractivity contribution is -0.276. The van der Waals surface area contributed by atoms with E-state index in [2.05, 4.69) is 5.16 Å². The zero-order valence-electron chi connectivity index (χ0n) is 16.8. The lowest BCUT2D eigenvalue weighted by Gasteiger charge is -2.30. The second-order valence-corrected chi connectivity index (χ2v) is 7.91. The number of hydrogen-bond donors (Lipinski definition) is 1. The van der Waals surface area contributed by atoms with E-state index in [9.17, 15) is 36.2 Å². The molecule has 0 saturated carbocycles. The van der Waals surface area contributed by atoms with Crippen LogP contribution in [0.1, 0.15) is 33.6 Å². The van der Waals surface area contributed by atoms with Crippen molar-refractivity contribution in [2.75, 3.05) is 0 Å². The molecular formula is C22H13ClF6N2O3. The normalized spacial score (nSPS) is 19.0. The van der Waals surface area contributed by atoms with Crippen LogP contribution in [-0.4, -0.2) is 27.4 Å². The van der Waals surface area contributed by atoms with Crippen molar-refractivity contribution in [1.82, 2.24) is 4.40 Å². The minimum Gasteiger partial charge on any atom is -0.478 e. The molecule has 3 aromatic rings. The number of benzene rings is 1. The molecule has 4 rings (SSSR count). The van der Waals surface area contributed by atoms with E-state index in [0.717, 1.165) is 6.07 Å². The van der Waals surface area contributed by atoms with Gasteiger partial charge >= 0.3 is 18.3 Å². The molecule has 0 aliphatic carbocycles. The lowest BCUT2D eigenvalue weighted by Crippen LogP contribution is -2.42. The number of aromatic carboxylic acids is 1. The standard InChI is InChI=1S/C22H13ClF6N2O3/c23-14-9-12(8-13(10-14)21(24,25)26)20(22(27,28)29)11-15(30-34-20)3-4-16-5-6-17(19(32)33)18-2-1-7-31(16)18/h1-10H,11H2,(H,32,33). The zero-order chi connectivity index (χ0) is 24.9. The number of aromatic nitrogens is 1. The third kappa shape index (κ3) is 4.11. The Kier molecular flexibility index (Phi) is 5.63. The maximum Gasteiger partial charge on any atom is 0.435 e. The molecule has 1 aliphatic heterocycles. The van der Waals surface area contributed by atoms with Gasteiger partial charge in [-0.1, -0.05) is 16.8 Å². The molecule has 0 radical (unpaired) electrons. The van der Waals surface area contributed by atoms with Gasteiger partial charge in [-0.3, -0.25) is 0 Å². The number of hydrogen-bond acceptors (Lipinski definition) is 3. The first-order chi connectivity index (χ1) is 15.8. The molecule has 0 fully saturated rings. The highest BCUT2D eigenvalue weighted by atomic mass is 35.5. The number of oxime groups is 1. The summed E-state index contributed by atoms with van der Waals surface area (Å²) in [7, 11) is 0. The number of pyridine rings is 1. The summed E-state index contributed by atoms with van der Waals surface area (Å²) in [6.07, 6.45) is -6.74. The molecule has 1 aromatic carbocycles. The van der Waals surface area contributed by atoms with Gasteiger partial charge in [-0.25, -0.2) is 4.79 Å². The minimum absolute atomic E-state index is 0.0289. The quantitative estimate of drug-likeness (QED) is 0.411. The first-order valence-corrected chi connectivity index (χ1v) is 9.91. The van der Waals surface area contributed by atoms with E-state index in [-0.39, 0.29) is 11.3 Å². The van der Waals surface area contributed by atoms with E-state index in [4.69, 9.17) is 16.4 Å². The van der Waals surface area contributed by atoms with Gasteiger partial charge in [0.1, 0.15) is 0 Å². The highest BCUT2D eigenvalue weighted by Gasteiger charge is 2.62. The molecule has 0 bridgehead atoms. The Balaban J connectivity index is 1.69. The van der Waals surface area contributed by atoms with Crippen molar-refractivity contribution >= 4 is 34.9 Å². The highest BCUT2D eigenvalue weighted by molar-refractivity contribution is 6.30. The van der Waals surface area contributed by atoms with Crippen molar-refractivity contribution < 1.29 is 41.1 Å². The first-order valence-electron chi connectivity index (χ1n) is 9.53. The number of carboxylic acid groups (broad SMARTS) is 1. The number of carboxylic acids is 1. The van der Waals surface area contributed by atoms with Crippen molar-refractivity contribution in [2.24, 2.45) is 5.16 Å². The van der Waals surface area contributed by atoms with E-state index in [1.165, 1.54) is 28.7 Å². The number of halogens is 7. The van der Waals surface area contributed by atoms with E-state index in [1.54, 1.807) is 18.3 Å². The van der Waals surface area contributed by atoms with Gasteiger partial charge in [0.25, 0.3) is 5.60 Å². The molecule has 0 saturated heterocycles. The SMILES string of the molecule is O=C(O)c1ccc(C=CC2=NOC(c3cc(Cl)cc(C(F)(F)F)c3)(C(F)(F)F)C2)n2cccc12. The van der Waals surface area contributed by atoms with Gasteiger partial charge in [0.05, 0.1) is 22.4 Å². The summed E-state index contributed by atoms with van der Waals surface area (Å²) in [5.41, 5.74) is -4.70. The fourth-order valence-corrected chi connectivity index (χ4v) is 3.90. The van der Waals surface area contributed by atoms with E-state index >= 15 is 0 Å². The summed E-state index contributed by atoms with van der Waals surface area (Å²) in [6, 6.07) is 7.58. The second kappa shape index (κ2) is 8.08. The third-order valence-electron chi connectivity index (χ3n) is 5.30. The number of nitrogens with zero attached hydrogens (tertiary/aromatic N) is 2. The van der Waals surface area contributed by atoms with Gasteiger partial charge in [-0.05, 0) is 54.6 Å². The third-order valence-corrected chi connectivity index (χ3v) is 5.52. The fourth-order valence-electron chi connectivity index (χ4n) is 3.66. The smallest absolute Gasteiger partial charge is 0.435 e. The van der Waals surface area contributed by atoms with E-state index in [1.807, 2.05) is 0 Å². The van der Waals surface area contributed by atoms with E-state index in [0.29, 0.717) is 23.3 Å². The second-order valence-electron chi connectivity index (χ2n) is 7.48. The van der Waals surface area contributed by atoms with Crippen molar-refractivity contribution in [3.63, 3.8) is 0 Å². The van der Waals surface area contributed by atoms with Crippen LogP contribution < -0.4 is 0 Å². The van der Waals surface area contributed by atoms with Crippen molar-refractivity contribution in [1.29, 1.82) is 0 Å². The predicted molar refractivity (Wildman–Crippen MR) is 111 cm³/mol. The van der Waals surface area contributed by atoms with Crippen LogP contribution >= 0.6 is 11.6 Å². The molecule has 1 aliphatic rings. The van der Waals surface area contributed by atoms with Gasteiger partial charge in [-0.15, -0.1) is 0 Å². The van der Waals surface area contributed by atoms with Crippen molar-refractivity contribution in [3.05, 3.63) is 82.1 Å². The maximum atomic E-state index is 14.1.